The minimum absolute atomic E-state index is 0.190. The average molecular weight is 206 g/mol. The number of alkyl halides is 2. The number of halogens is 2. The van der Waals surface area contributed by atoms with Gasteiger partial charge in [-0.2, -0.15) is 0 Å². The summed E-state index contributed by atoms with van der Waals surface area (Å²) in [6.07, 6.45) is 7.19. The van der Waals surface area contributed by atoms with Crippen LogP contribution in [0, 0.1) is 0 Å². The minimum Gasteiger partial charge on any atom is -0.390 e. The van der Waals surface area contributed by atoms with Crippen molar-refractivity contribution >= 4 is 0 Å². The Morgan fingerprint density at radius 2 is 1.64 bits per heavy atom. The maximum absolute atomic E-state index is 12.5. The number of aliphatic hydroxyl groups is 1. The van der Waals surface area contributed by atoms with Crippen molar-refractivity contribution in [1.82, 2.24) is 0 Å². The Balaban J connectivity index is 3.17. The van der Waals surface area contributed by atoms with Gasteiger partial charge >= 0.3 is 0 Å². The summed E-state index contributed by atoms with van der Waals surface area (Å²) in [5.41, 5.74) is 0. The van der Waals surface area contributed by atoms with Crippen LogP contribution in [0.2, 0.25) is 0 Å². The number of allylic oxidation sites excluding steroid dienone is 1. The summed E-state index contributed by atoms with van der Waals surface area (Å²) in [6.45, 7) is 2.59. The summed E-state index contributed by atoms with van der Waals surface area (Å²) in [4.78, 5) is 0. The molecule has 0 aliphatic carbocycles. The highest BCUT2D eigenvalue weighted by molar-refractivity contribution is 4.66. The molecule has 0 unspecified atom stereocenters. The fourth-order valence-electron chi connectivity index (χ4n) is 1.28. The molecule has 0 aromatic carbocycles. The third-order valence-electron chi connectivity index (χ3n) is 2.18. The van der Waals surface area contributed by atoms with Crippen LogP contribution in [0.25, 0.3) is 0 Å². The quantitative estimate of drug-likeness (QED) is 0.452. The fraction of sp³-hybridized carbons (Fsp3) is 0.818. The molecule has 1 N–H and O–H groups in total. The number of hydrogen-bond acceptors (Lipinski definition) is 1. The number of aliphatic hydroxyl groups excluding tert-OH is 1. The van der Waals surface area contributed by atoms with Gasteiger partial charge in [0.05, 0.1) is 0 Å². The summed E-state index contributed by atoms with van der Waals surface area (Å²) in [7, 11) is 0. The summed E-state index contributed by atoms with van der Waals surface area (Å²) < 4.78 is 25.0. The van der Waals surface area contributed by atoms with Crippen molar-refractivity contribution < 1.29 is 13.9 Å². The second-order valence-corrected chi connectivity index (χ2v) is 3.61. The molecule has 0 saturated heterocycles. The highest BCUT2D eigenvalue weighted by Gasteiger charge is 2.26. The van der Waals surface area contributed by atoms with E-state index in [1.54, 1.807) is 0 Å². The van der Waals surface area contributed by atoms with Gasteiger partial charge in [-0.25, -0.2) is 8.78 Å². The predicted octanol–water partition coefficient (Wildman–Crippen LogP) is 3.53. The summed E-state index contributed by atoms with van der Waals surface area (Å²) in [5.74, 6) is -2.87. The average Bonchev–Trinajstić information content (AvgIpc) is 2.16. The summed E-state index contributed by atoms with van der Waals surface area (Å²) in [6, 6.07) is 0. The highest BCUT2D eigenvalue weighted by Crippen LogP contribution is 2.21. The van der Waals surface area contributed by atoms with Crippen molar-refractivity contribution in [2.75, 3.05) is 6.61 Å². The van der Waals surface area contributed by atoms with E-state index in [-0.39, 0.29) is 6.42 Å². The number of rotatable bonds is 9. The topological polar surface area (TPSA) is 20.2 Å². The van der Waals surface area contributed by atoms with E-state index in [2.05, 4.69) is 6.58 Å². The molecule has 0 spiro atoms. The molecule has 0 aliphatic rings. The van der Waals surface area contributed by atoms with Gasteiger partial charge in [-0.15, -0.1) is 6.58 Å². The lowest BCUT2D eigenvalue weighted by atomic mass is 10.1. The molecule has 14 heavy (non-hydrogen) atoms. The maximum atomic E-state index is 12.5. The molecule has 84 valence electrons. The van der Waals surface area contributed by atoms with Gasteiger partial charge in [0.1, 0.15) is 6.61 Å². The Bertz CT molecular complexity index is 146. The van der Waals surface area contributed by atoms with Gasteiger partial charge < -0.3 is 5.11 Å². The van der Waals surface area contributed by atoms with Gasteiger partial charge in [0.25, 0.3) is 5.92 Å². The summed E-state index contributed by atoms with van der Waals surface area (Å²) in [5, 5.41) is 8.31. The molecule has 0 bridgehead atoms. The van der Waals surface area contributed by atoms with Crippen molar-refractivity contribution in [3.63, 3.8) is 0 Å². The maximum Gasteiger partial charge on any atom is 0.270 e. The third kappa shape index (κ3) is 8.17. The van der Waals surface area contributed by atoms with Crippen LogP contribution >= 0.6 is 0 Å². The van der Waals surface area contributed by atoms with E-state index < -0.39 is 12.5 Å². The molecule has 0 fully saturated rings. The molecule has 0 saturated carbocycles. The van der Waals surface area contributed by atoms with Gasteiger partial charge in [0.2, 0.25) is 0 Å². The first-order valence-corrected chi connectivity index (χ1v) is 5.22. The largest absolute Gasteiger partial charge is 0.390 e. The van der Waals surface area contributed by atoms with E-state index in [9.17, 15) is 8.78 Å². The van der Waals surface area contributed by atoms with E-state index in [0.29, 0.717) is 6.42 Å². The molecular formula is C11H20F2O. The molecule has 3 heteroatoms. The van der Waals surface area contributed by atoms with Crippen LogP contribution in [0.4, 0.5) is 8.78 Å². The zero-order valence-corrected chi connectivity index (χ0v) is 8.64. The molecule has 1 nitrogen and oxygen atoms in total. The lowest BCUT2D eigenvalue weighted by Crippen LogP contribution is -2.20. The first-order valence-electron chi connectivity index (χ1n) is 5.22. The van der Waals surface area contributed by atoms with Crippen molar-refractivity contribution in [2.45, 2.75) is 50.9 Å². The minimum atomic E-state index is -2.87. The van der Waals surface area contributed by atoms with Gasteiger partial charge in [0, 0.05) is 6.42 Å². The number of hydrogen-bond donors (Lipinski definition) is 1. The Labute approximate surface area is 84.8 Å². The molecule has 0 atom stereocenters. The smallest absolute Gasteiger partial charge is 0.270 e. The standard InChI is InChI=1S/C11H20F2O/c1-2-3-4-5-6-7-8-9-11(12,13)10-14/h2,14H,1,3-10H2. The zero-order chi connectivity index (χ0) is 10.9. The van der Waals surface area contributed by atoms with Crippen molar-refractivity contribution in [1.29, 1.82) is 0 Å². The summed E-state index contributed by atoms with van der Waals surface area (Å²) >= 11 is 0. The molecule has 0 radical (unpaired) electrons. The Kier molecular flexibility index (Phi) is 7.67. The van der Waals surface area contributed by atoms with Crippen LogP contribution in [0.3, 0.4) is 0 Å². The Hall–Kier alpha value is -0.440. The van der Waals surface area contributed by atoms with E-state index in [1.807, 2.05) is 6.08 Å². The van der Waals surface area contributed by atoms with E-state index >= 15 is 0 Å². The van der Waals surface area contributed by atoms with Crippen LogP contribution in [0.1, 0.15) is 44.9 Å². The fourth-order valence-corrected chi connectivity index (χ4v) is 1.28. The first kappa shape index (κ1) is 13.6. The van der Waals surface area contributed by atoms with Crippen LogP contribution < -0.4 is 0 Å². The predicted molar refractivity (Wildman–Crippen MR) is 54.5 cm³/mol. The molecule has 0 amide bonds. The second-order valence-electron chi connectivity index (χ2n) is 3.61. The van der Waals surface area contributed by atoms with Gasteiger partial charge in [-0.3, -0.25) is 0 Å². The Morgan fingerprint density at radius 1 is 1.07 bits per heavy atom. The number of unbranched alkanes of at least 4 members (excludes halogenated alkanes) is 5. The van der Waals surface area contributed by atoms with Gasteiger partial charge in [0.15, 0.2) is 0 Å². The SMILES string of the molecule is C=CCCCCCCCC(F)(F)CO. The molecule has 0 aromatic rings. The van der Waals surface area contributed by atoms with Crippen LogP contribution in [0.15, 0.2) is 12.7 Å². The lowest BCUT2D eigenvalue weighted by molar-refractivity contribution is -0.0578. The van der Waals surface area contributed by atoms with E-state index in [1.165, 1.54) is 0 Å². The van der Waals surface area contributed by atoms with Gasteiger partial charge in [-0.1, -0.05) is 25.3 Å². The third-order valence-corrected chi connectivity index (χ3v) is 2.18. The second kappa shape index (κ2) is 7.92. The van der Waals surface area contributed by atoms with E-state index in [4.69, 9.17) is 5.11 Å². The Morgan fingerprint density at radius 3 is 2.21 bits per heavy atom. The molecule has 0 heterocycles. The van der Waals surface area contributed by atoms with Crippen molar-refractivity contribution in [3.8, 4) is 0 Å². The van der Waals surface area contributed by atoms with Crippen LogP contribution in [-0.2, 0) is 0 Å². The normalized spacial score (nSPS) is 11.6. The van der Waals surface area contributed by atoms with Crippen LogP contribution in [0.5, 0.6) is 0 Å². The molecule has 0 aliphatic heterocycles. The van der Waals surface area contributed by atoms with Crippen molar-refractivity contribution in [3.05, 3.63) is 12.7 Å². The molecule has 0 rings (SSSR count). The molecule has 0 aromatic heterocycles. The lowest BCUT2D eigenvalue weighted by Gasteiger charge is -2.12. The van der Waals surface area contributed by atoms with Gasteiger partial charge in [-0.05, 0) is 19.3 Å². The highest BCUT2D eigenvalue weighted by atomic mass is 19.3. The zero-order valence-electron chi connectivity index (χ0n) is 8.64. The van der Waals surface area contributed by atoms with Crippen LogP contribution in [-0.4, -0.2) is 17.6 Å². The van der Waals surface area contributed by atoms with E-state index in [0.717, 1.165) is 32.1 Å². The monoisotopic (exact) mass is 206 g/mol. The molecular weight excluding hydrogens is 186 g/mol. The first-order chi connectivity index (χ1) is 6.62. The van der Waals surface area contributed by atoms with Crippen molar-refractivity contribution in [2.24, 2.45) is 0 Å².